The summed E-state index contributed by atoms with van der Waals surface area (Å²) in [7, 11) is 0. The molecule has 126 valence electrons. The molecule has 3 rings (SSSR count). The number of nitrogens with zero attached hydrogens (tertiary/aromatic N) is 2. The molecular weight excluding hydrogens is 314 g/mol. The summed E-state index contributed by atoms with van der Waals surface area (Å²) in [6.07, 6.45) is 1.52. The molecule has 0 saturated carbocycles. The molecule has 0 spiro atoms. The lowest BCUT2D eigenvalue weighted by Crippen LogP contribution is -2.31. The molecule has 0 unspecified atom stereocenters. The Bertz CT molecular complexity index is 933. The van der Waals surface area contributed by atoms with Crippen molar-refractivity contribution in [1.29, 1.82) is 0 Å². The van der Waals surface area contributed by atoms with E-state index in [0.29, 0.717) is 24.3 Å². The van der Waals surface area contributed by atoms with Gasteiger partial charge in [-0.1, -0.05) is 48.5 Å². The highest BCUT2D eigenvalue weighted by Gasteiger charge is 2.08. The van der Waals surface area contributed by atoms with E-state index < -0.39 is 0 Å². The zero-order chi connectivity index (χ0) is 17.6. The third kappa shape index (κ3) is 4.01. The van der Waals surface area contributed by atoms with Gasteiger partial charge >= 0.3 is 0 Å². The monoisotopic (exact) mass is 333 g/mol. The summed E-state index contributed by atoms with van der Waals surface area (Å²) in [5.41, 5.74) is 2.97. The number of rotatable bonds is 5. The highest BCUT2D eigenvalue weighted by molar-refractivity contribution is 5.95. The highest BCUT2D eigenvalue weighted by atomic mass is 16.1. The van der Waals surface area contributed by atoms with Gasteiger partial charge in [0.25, 0.3) is 11.5 Å². The van der Waals surface area contributed by atoms with Gasteiger partial charge in [-0.25, -0.2) is 4.98 Å². The normalized spacial score (nSPS) is 10.4. The number of carbonyl (C=O) groups is 1. The predicted octanol–water partition coefficient (Wildman–Crippen LogP) is 2.65. The van der Waals surface area contributed by atoms with Crippen LogP contribution in [0.4, 0.5) is 0 Å². The number of amides is 1. The largest absolute Gasteiger partial charge is 0.350 e. The van der Waals surface area contributed by atoms with Crippen LogP contribution in [0.5, 0.6) is 0 Å². The summed E-state index contributed by atoms with van der Waals surface area (Å²) >= 11 is 0. The van der Waals surface area contributed by atoms with E-state index in [2.05, 4.69) is 10.3 Å². The number of nitrogens with one attached hydrogen (secondary N) is 1. The van der Waals surface area contributed by atoms with Crippen LogP contribution in [0, 0.1) is 6.92 Å². The lowest BCUT2D eigenvalue weighted by atomic mass is 10.1. The molecule has 1 heterocycles. The molecule has 0 aliphatic rings. The van der Waals surface area contributed by atoms with Crippen LogP contribution in [0.2, 0.25) is 0 Å². The Kier molecular flexibility index (Phi) is 5.04. The quantitative estimate of drug-likeness (QED) is 0.781. The maximum absolute atomic E-state index is 12.2. The summed E-state index contributed by atoms with van der Waals surface area (Å²) < 4.78 is 1.49. The lowest BCUT2D eigenvalue weighted by molar-refractivity contribution is 0.0951. The topological polar surface area (TPSA) is 64.0 Å². The minimum absolute atomic E-state index is 0.139. The van der Waals surface area contributed by atoms with E-state index in [9.17, 15) is 9.59 Å². The third-order valence-corrected chi connectivity index (χ3v) is 3.98. The first-order chi connectivity index (χ1) is 12.1. The van der Waals surface area contributed by atoms with E-state index in [0.717, 1.165) is 11.1 Å². The Balaban J connectivity index is 1.63. The van der Waals surface area contributed by atoms with Gasteiger partial charge in [0.05, 0.1) is 12.0 Å². The lowest BCUT2D eigenvalue weighted by Gasteiger charge is -2.09. The molecule has 3 aromatic rings. The molecule has 1 aromatic heterocycles. The van der Waals surface area contributed by atoms with Gasteiger partial charge in [0, 0.05) is 30.3 Å². The van der Waals surface area contributed by atoms with E-state index in [1.54, 1.807) is 6.07 Å². The molecule has 0 radical (unpaired) electrons. The first-order valence-electron chi connectivity index (χ1n) is 8.11. The number of carbonyl (C=O) groups excluding carboxylic acids is 1. The SMILES string of the molecule is Cc1ccccc1C(=O)NCCn1cnc(-c2ccccc2)cc1=O. The molecule has 5 nitrogen and oxygen atoms in total. The van der Waals surface area contributed by atoms with Gasteiger partial charge in [-0.05, 0) is 18.6 Å². The van der Waals surface area contributed by atoms with Gasteiger partial charge < -0.3 is 5.32 Å². The molecule has 0 atom stereocenters. The van der Waals surface area contributed by atoms with E-state index in [-0.39, 0.29) is 11.5 Å². The second kappa shape index (κ2) is 7.57. The van der Waals surface area contributed by atoms with Gasteiger partial charge in [-0.3, -0.25) is 14.2 Å². The van der Waals surface area contributed by atoms with Gasteiger partial charge in [0.2, 0.25) is 0 Å². The maximum atomic E-state index is 12.2. The zero-order valence-electron chi connectivity index (χ0n) is 14.0. The van der Waals surface area contributed by atoms with Crippen molar-refractivity contribution in [2.24, 2.45) is 0 Å². The molecule has 25 heavy (non-hydrogen) atoms. The molecule has 0 fully saturated rings. The van der Waals surface area contributed by atoms with Crippen LogP contribution in [-0.2, 0) is 6.54 Å². The Morgan fingerprint density at radius 2 is 1.80 bits per heavy atom. The van der Waals surface area contributed by atoms with Gasteiger partial charge in [-0.2, -0.15) is 0 Å². The van der Waals surface area contributed by atoms with Crippen LogP contribution < -0.4 is 10.9 Å². The number of hydrogen-bond acceptors (Lipinski definition) is 3. The Morgan fingerprint density at radius 1 is 1.08 bits per heavy atom. The van der Waals surface area contributed by atoms with E-state index in [4.69, 9.17) is 0 Å². The Labute approximate surface area is 146 Å². The van der Waals surface area contributed by atoms with Crippen molar-refractivity contribution >= 4 is 5.91 Å². The molecule has 0 aliphatic carbocycles. The smallest absolute Gasteiger partial charge is 0.253 e. The van der Waals surface area contributed by atoms with E-state index in [1.807, 2.05) is 55.5 Å². The van der Waals surface area contributed by atoms with Crippen molar-refractivity contribution in [2.45, 2.75) is 13.5 Å². The minimum Gasteiger partial charge on any atom is -0.350 e. The van der Waals surface area contributed by atoms with Gasteiger partial charge in [0.15, 0.2) is 0 Å². The van der Waals surface area contributed by atoms with E-state index >= 15 is 0 Å². The van der Waals surface area contributed by atoms with Crippen molar-refractivity contribution in [2.75, 3.05) is 6.54 Å². The van der Waals surface area contributed by atoms with Crippen molar-refractivity contribution in [3.8, 4) is 11.3 Å². The molecule has 1 amide bonds. The molecule has 1 N–H and O–H groups in total. The zero-order valence-corrected chi connectivity index (χ0v) is 14.0. The average Bonchev–Trinajstić information content (AvgIpc) is 2.64. The van der Waals surface area contributed by atoms with Crippen molar-refractivity contribution in [1.82, 2.24) is 14.9 Å². The number of hydrogen-bond donors (Lipinski definition) is 1. The van der Waals surface area contributed by atoms with Crippen LogP contribution in [0.3, 0.4) is 0 Å². The number of aryl methyl sites for hydroxylation is 1. The molecule has 2 aromatic carbocycles. The molecule has 0 saturated heterocycles. The Morgan fingerprint density at radius 3 is 2.52 bits per heavy atom. The summed E-state index contributed by atoms with van der Waals surface area (Å²) in [5.74, 6) is -0.139. The van der Waals surface area contributed by atoms with E-state index in [1.165, 1.54) is 17.0 Å². The summed E-state index contributed by atoms with van der Waals surface area (Å²) in [6, 6.07) is 18.5. The highest BCUT2D eigenvalue weighted by Crippen LogP contribution is 2.13. The van der Waals surface area contributed by atoms with Gasteiger partial charge in [-0.15, -0.1) is 0 Å². The van der Waals surface area contributed by atoms with Crippen LogP contribution in [-0.4, -0.2) is 22.0 Å². The first-order valence-corrected chi connectivity index (χ1v) is 8.11. The van der Waals surface area contributed by atoms with Crippen LogP contribution in [0.25, 0.3) is 11.3 Å². The predicted molar refractivity (Wildman–Crippen MR) is 97.4 cm³/mol. The molecular formula is C20H19N3O2. The minimum atomic E-state index is -0.140. The summed E-state index contributed by atoms with van der Waals surface area (Å²) in [4.78, 5) is 28.7. The standard InChI is InChI=1S/C20H19N3O2/c1-15-7-5-6-10-17(15)20(25)21-11-12-23-14-22-18(13-19(23)24)16-8-3-2-4-9-16/h2-10,13-14H,11-12H2,1H3,(H,21,25). The van der Waals surface area contributed by atoms with Crippen LogP contribution in [0.15, 0.2) is 71.8 Å². The summed E-state index contributed by atoms with van der Waals surface area (Å²) in [6.45, 7) is 2.63. The second-order valence-electron chi connectivity index (χ2n) is 5.74. The van der Waals surface area contributed by atoms with Crippen molar-refractivity contribution in [3.05, 3.63) is 88.5 Å². The second-order valence-corrected chi connectivity index (χ2v) is 5.74. The van der Waals surface area contributed by atoms with Crippen LogP contribution in [0.1, 0.15) is 15.9 Å². The molecule has 0 aliphatic heterocycles. The summed E-state index contributed by atoms with van der Waals surface area (Å²) in [5, 5.41) is 2.84. The number of benzene rings is 2. The molecule has 5 heteroatoms. The van der Waals surface area contributed by atoms with Crippen molar-refractivity contribution in [3.63, 3.8) is 0 Å². The van der Waals surface area contributed by atoms with Crippen LogP contribution >= 0.6 is 0 Å². The van der Waals surface area contributed by atoms with Crippen molar-refractivity contribution < 1.29 is 4.79 Å². The fourth-order valence-electron chi connectivity index (χ4n) is 2.57. The third-order valence-electron chi connectivity index (χ3n) is 3.98. The fraction of sp³-hybridized carbons (Fsp3) is 0.150. The molecule has 0 bridgehead atoms. The number of aromatic nitrogens is 2. The maximum Gasteiger partial charge on any atom is 0.253 e. The average molecular weight is 333 g/mol. The van der Waals surface area contributed by atoms with Gasteiger partial charge in [0.1, 0.15) is 0 Å². The first kappa shape index (κ1) is 16.6. The fourth-order valence-corrected chi connectivity index (χ4v) is 2.57. The Hall–Kier alpha value is -3.21.